The summed E-state index contributed by atoms with van der Waals surface area (Å²) < 4.78 is 4.39. The molecule has 0 amide bonds. The van der Waals surface area contributed by atoms with Crippen LogP contribution in [0.15, 0.2) is 14.0 Å². The Morgan fingerprint density at radius 3 is 2.60 bits per heavy atom. The van der Waals surface area contributed by atoms with Crippen molar-refractivity contribution in [1.29, 1.82) is 0 Å². The Morgan fingerprint density at radius 1 is 1.33 bits per heavy atom. The Hall–Kier alpha value is -1.43. The zero-order valence-electron chi connectivity index (χ0n) is 8.58. The van der Waals surface area contributed by atoms with Crippen LogP contribution in [0.5, 0.6) is 0 Å². The molecule has 0 aliphatic rings. The second kappa shape index (κ2) is 3.03. The van der Waals surface area contributed by atoms with Crippen molar-refractivity contribution >= 4 is 21.7 Å². The van der Waals surface area contributed by atoms with Gasteiger partial charge in [0.25, 0.3) is 0 Å². The van der Waals surface area contributed by atoms with E-state index in [0.717, 1.165) is 5.01 Å². The molecule has 0 spiro atoms. The third-order valence-corrected chi connectivity index (χ3v) is 3.26. The Balaban J connectivity index is 2.83. The molecule has 5 nitrogen and oxygen atoms in total. The lowest BCUT2D eigenvalue weighted by molar-refractivity contribution is 0.459. The summed E-state index contributed by atoms with van der Waals surface area (Å²) in [4.78, 5) is 29.3. The van der Waals surface area contributed by atoms with Gasteiger partial charge in [-0.1, -0.05) is 32.1 Å². The first-order valence-electron chi connectivity index (χ1n) is 4.42. The highest BCUT2D eigenvalue weighted by Gasteiger charge is 2.20. The summed E-state index contributed by atoms with van der Waals surface area (Å²) in [6.45, 7) is 5.97. The summed E-state index contributed by atoms with van der Waals surface area (Å²) in [6.07, 6.45) is 0. The molecule has 0 unspecified atom stereocenters. The molecule has 0 saturated heterocycles. The van der Waals surface area contributed by atoms with E-state index < -0.39 is 11.4 Å². The van der Waals surface area contributed by atoms with Gasteiger partial charge in [0, 0.05) is 5.41 Å². The van der Waals surface area contributed by atoms with Crippen molar-refractivity contribution in [3.8, 4) is 0 Å². The minimum absolute atomic E-state index is 0.146. The predicted octanol–water partition coefficient (Wildman–Crippen LogP) is 1.24. The second-order valence-electron chi connectivity index (χ2n) is 4.25. The minimum atomic E-state index is -0.739. The average molecular weight is 226 g/mol. The third kappa shape index (κ3) is 1.72. The molecule has 0 aliphatic heterocycles. The number of nitrogens with one attached hydrogen (secondary N) is 1. The van der Waals surface area contributed by atoms with Gasteiger partial charge in [-0.3, -0.25) is 4.98 Å². The number of aromatic nitrogens is 2. The maximum Gasteiger partial charge on any atom is 0.420 e. The van der Waals surface area contributed by atoms with Crippen LogP contribution in [0.4, 0.5) is 0 Å². The molecule has 2 rings (SSSR count). The van der Waals surface area contributed by atoms with E-state index in [1.807, 2.05) is 20.8 Å². The highest BCUT2D eigenvalue weighted by Crippen LogP contribution is 2.28. The van der Waals surface area contributed by atoms with Gasteiger partial charge in [0.15, 0.2) is 5.52 Å². The number of rotatable bonds is 0. The van der Waals surface area contributed by atoms with Crippen molar-refractivity contribution in [2.75, 3.05) is 0 Å². The number of thiazole rings is 1. The summed E-state index contributed by atoms with van der Waals surface area (Å²) in [6, 6.07) is 0. The van der Waals surface area contributed by atoms with E-state index in [2.05, 4.69) is 14.4 Å². The molecule has 1 N–H and O–H groups in total. The zero-order valence-corrected chi connectivity index (χ0v) is 9.40. The van der Waals surface area contributed by atoms with Crippen molar-refractivity contribution in [2.45, 2.75) is 26.2 Å². The highest BCUT2D eigenvalue weighted by atomic mass is 32.1. The lowest BCUT2D eigenvalue weighted by Crippen LogP contribution is -2.14. The van der Waals surface area contributed by atoms with Crippen molar-refractivity contribution in [2.24, 2.45) is 0 Å². The van der Waals surface area contributed by atoms with Gasteiger partial charge in [0.05, 0.1) is 0 Å². The Bertz CT molecular complexity index is 615. The quantitative estimate of drug-likeness (QED) is 0.733. The standard InChI is InChI=1S/C9H10N2O3S/c1-9(2,3)7-10-4-5(15-7)11-8(13)14-6(4)12/h1-3H3,(H,11,13). The van der Waals surface area contributed by atoms with E-state index in [4.69, 9.17) is 0 Å². The van der Waals surface area contributed by atoms with Gasteiger partial charge in [-0.15, -0.1) is 0 Å². The fourth-order valence-corrected chi connectivity index (χ4v) is 2.11. The van der Waals surface area contributed by atoms with Crippen LogP contribution in [0.25, 0.3) is 10.3 Å². The molecule has 2 aromatic rings. The van der Waals surface area contributed by atoms with Gasteiger partial charge >= 0.3 is 11.4 Å². The van der Waals surface area contributed by atoms with E-state index in [1.165, 1.54) is 11.3 Å². The van der Waals surface area contributed by atoms with Gasteiger partial charge < -0.3 is 4.42 Å². The van der Waals surface area contributed by atoms with Gasteiger partial charge in [0.1, 0.15) is 9.84 Å². The molecule has 0 fully saturated rings. The Kier molecular flexibility index (Phi) is 2.04. The molecule has 0 bridgehead atoms. The van der Waals surface area contributed by atoms with Crippen LogP contribution >= 0.6 is 11.3 Å². The molecule has 6 heteroatoms. The van der Waals surface area contributed by atoms with Crippen LogP contribution in [-0.2, 0) is 5.41 Å². The van der Waals surface area contributed by atoms with Crippen LogP contribution in [-0.4, -0.2) is 9.97 Å². The molecular formula is C9H10N2O3S. The first kappa shape index (κ1) is 10.1. The van der Waals surface area contributed by atoms with Crippen LogP contribution in [0.3, 0.4) is 0 Å². The Morgan fingerprint density at radius 2 is 2.00 bits per heavy atom. The highest BCUT2D eigenvalue weighted by molar-refractivity contribution is 7.18. The molecule has 0 aromatic carbocycles. The van der Waals surface area contributed by atoms with Crippen molar-refractivity contribution in [1.82, 2.24) is 9.97 Å². The molecule has 0 saturated carbocycles. The zero-order chi connectivity index (χ0) is 11.2. The summed E-state index contributed by atoms with van der Waals surface area (Å²) in [7, 11) is 0. The summed E-state index contributed by atoms with van der Waals surface area (Å²) in [5.41, 5.74) is -0.627. The number of aromatic amines is 1. The summed E-state index contributed by atoms with van der Waals surface area (Å²) >= 11 is 1.31. The minimum Gasteiger partial charge on any atom is -0.371 e. The van der Waals surface area contributed by atoms with E-state index in [0.29, 0.717) is 4.83 Å². The van der Waals surface area contributed by atoms with Gasteiger partial charge in [-0.2, -0.15) is 0 Å². The number of nitrogens with zero attached hydrogens (tertiary/aromatic N) is 1. The lowest BCUT2D eigenvalue weighted by Gasteiger charge is -2.12. The first-order valence-corrected chi connectivity index (χ1v) is 5.24. The predicted molar refractivity (Wildman–Crippen MR) is 57.5 cm³/mol. The van der Waals surface area contributed by atoms with Crippen molar-refractivity contribution in [3.05, 3.63) is 26.0 Å². The second-order valence-corrected chi connectivity index (χ2v) is 5.25. The molecule has 2 aromatic heterocycles. The number of hydrogen-bond donors (Lipinski definition) is 1. The number of fused-ring (bicyclic) bond motifs is 1. The van der Waals surface area contributed by atoms with Crippen molar-refractivity contribution < 1.29 is 4.42 Å². The number of hydrogen-bond acceptors (Lipinski definition) is 5. The maximum atomic E-state index is 11.3. The topological polar surface area (TPSA) is 76.0 Å². The molecule has 15 heavy (non-hydrogen) atoms. The average Bonchev–Trinajstić information content (AvgIpc) is 2.46. The van der Waals surface area contributed by atoms with Gasteiger partial charge in [-0.25, -0.2) is 14.6 Å². The van der Waals surface area contributed by atoms with Crippen LogP contribution in [0, 0.1) is 0 Å². The van der Waals surface area contributed by atoms with E-state index in [9.17, 15) is 9.59 Å². The van der Waals surface area contributed by atoms with E-state index in [1.54, 1.807) is 0 Å². The maximum absolute atomic E-state index is 11.3. The summed E-state index contributed by atoms with van der Waals surface area (Å²) in [5.74, 6) is -0.739. The molecular weight excluding hydrogens is 216 g/mol. The third-order valence-electron chi connectivity index (χ3n) is 1.86. The smallest absolute Gasteiger partial charge is 0.371 e. The van der Waals surface area contributed by atoms with E-state index >= 15 is 0 Å². The molecule has 0 atom stereocenters. The normalized spacial score (nSPS) is 12.2. The van der Waals surface area contributed by atoms with Gasteiger partial charge in [-0.05, 0) is 0 Å². The first-order chi connectivity index (χ1) is 6.88. The largest absolute Gasteiger partial charge is 0.420 e. The van der Waals surface area contributed by atoms with E-state index in [-0.39, 0.29) is 10.9 Å². The molecule has 2 heterocycles. The van der Waals surface area contributed by atoms with Crippen LogP contribution < -0.4 is 11.4 Å². The monoisotopic (exact) mass is 226 g/mol. The van der Waals surface area contributed by atoms with Gasteiger partial charge in [0.2, 0.25) is 0 Å². The molecule has 0 radical (unpaired) electrons. The molecule has 0 aliphatic carbocycles. The lowest BCUT2D eigenvalue weighted by atomic mass is 9.98. The van der Waals surface area contributed by atoms with Crippen molar-refractivity contribution in [3.63, 3.8) is 0 Å². The summed E-state index contributed by atoms with van der Waals surface area (Å²) in [5, 5.41) is 0.798. The fourth-order valence-electron chi connectivity index (χ4n) is 1.11. The SMILES string of the molecule is CC(C)(C)c1nc2c(=O)oc(=O)[nH]c2s1. The van der Waals surface area contributed by atoms with Crippen LogP contribution in [0.1, 0.15) is 25.8 Å². The molecule has 80 valence electrons. The fraction of sp³-hybridized carbons (Fsp3) is 0.444. The van der Waals surface area contributed by atoms with Crippen LogP contribution in [0.2, 0.25) is 0 Å². The number of H-pyrrole nitrogens is 1. The Labute approximate surface area is 88.8 Å².